The fourth-order valence-electron chi connectivity index (χ4n) is 4.20. The predicted molar refractivity (Wildman–Crippen MR) is 136 cm³/mol. The van der Waals surface area contributed by atoms with E-state index >= 15 is 0 Å². The molecule has 0 spiro atoms. The Balaban J connectivity index is 2.10. The average Bonchev–Trinajstić information content (AvgIpc) is 2.84. The largest absolute Gasteiger partial charge is 0.463 e. The van der Waals surface area contributed by atoms with Crippen molar-refractivity contribution in [3.63, 3.8) is 0 Å². The fourth-order valence-corrected chi connectivity index (χ4v) is 4.89. The zero-order chi connectivity index (χ0) is 27.7. The Morgan fingerprint density at radius 1 is 0.811 bits per heavy atom. The summed E-state index contributed by atoms with van der Waals surface area (Å²) < 4.78 is 46.4. The zero-order valence-electron chi connectivity index (χ0n) is 22.1. The standard InChI is InChI=1S/C25H48O11S/c1-2-3-4-5-6-7-8-9-10-11-12-13-14-15-21(27)34-16-19(26)17-35-25-24(30)23(29)22(28)20(36-25)18-37(31,32)33/h19-20,22-26,28-30H,2-18H2,1H3,(H,31,32,33)/t19-,20+,22+,23-,24+,25-/m0/s1. The van der Waals surface area contributed by atoms with Crippen molar-refractivity contribution in [2.75, 3.05) is 19.0 Å². The van der Waals surface area contributed by atoms with E-state index in [4.69, 9.17) is 18.8 Å². The highest BCUT2D eigenvalue weighted by atomic mass is 32.2. The summed E-state index contributed by atoms with van der Waals surface area (Å²) in [7, 11) is -4.53. The first-order valence-corrected chi connectivity index (χ1v) is 15.3. The summed E-state index contributed by atoms with van der Waals surface area (Å²) in [5, 5.41) is 39.7. The summed E-state index contributed by atoms with van der Waals surface area (Å²) in [5.74, 6) is -1.46. The lowest BCUT2D eigenvalue weighted by atomic mass is 10.00. The van der Waals surface area contributed by atoms with Crippen LogP contribution in [0.25, 0.3) is 0 Å². The lowest BCUT2D eigenvalue weighted by Gasteiger charge is -2.40. The molecule has 12 heteroatoms. The van der Waals surface area contributed by atoms with Crippen molar-refractivity contribution in [1.82, 2.24) is 0 Å². The van der Waals surface area contributed by atoms with Crippen molar-refractivity contribution >= 4 is 16.1 Å². The quantitative estimate of drug-likeness (QED) is 0.0793. The minimum Gasteiger partial charge on any atom is -0.463 e. The van der Waals surface area contributed by atoms with Crippen molar-refractivity contribution in [1.29, 1.82) is 0 Å². The van der Waals surface area contributed by atoms with Crippen LogP contribution in [0, 0.1) is 0 Å². The van der Waals surface area contributed by atoms with Crippen molar-refractivity contribution in [3.05, 3.63) is 0 Å². The minimum atomic E-state index is -4.53. The van der Waals surface area contributed by atoms with Crippen LogP contribution in [-0.4, -0.2) is 95.1 Å². The molecular weight excluding hydrogens is 508 g/mol. The summed E-state index contributed by atoms with van der Waals surface area (Å²) in [5.41, 5.74) is 0. The Kier molecular flexibility index (Phi) is 17.8. The summed E-state index contributed by atoms with van der Waals surface area (Å²) in [6, 6.07) is 0. The molecule has 6 atom stereocenters. The minimum absolute atomic E-state index is 0.247. The lowest BCUT2D eigenvalue weighted by molar-refractivity contribution is -0.296. The molecule has 0 saturated carbocycles. The van der Waals surface area contributed by atoms with Crippen LogP contribution in [0.4, 0.5) is 0 Å². The van der Waals surface area contributed by atoms with Gasteiger partial charge in [-0.2, -0.15) is 8.42 Å². The maximum atomic E-state index is 11.9. The number of carbonyl (C=O) groups excluding carboxylic acids is 1. The van der Waals surface area contributed by atoms with Gasteiger partial charge in [0, 0.05) is 6.42 Å². The van der Waals surface area contributed by atoms with Gasteiger partial charge in [0.2, 0.25) is 0 Å². The Morgan fingerprint density at radius 3 is 1.84 bits per heavy atom. The molecule has 0 radical (unpaired) electrons. The summed E-state index contributed by atoms with van der Waals surface area (Å²) in [6.07, 6.45) is 6.23. The predicted octanol–water partition coefficient (Wildman–Crippen LogP) is 2.08. The van der Waals surface area contributed by atoms with Gasteiger partial charge in [0.05, 0.1) is 6.61 Å². The summed E-state index contributed by atoms with van der Waals surface area (Å²) in [6.45, 7) is 1.43. The van der Waals surface area contributed by atoms with E-state index in [1.165, 1.54) is 57.8 Å². The zero-order valence-corrected chi connectivity index (χ0v) is 22.9. The maximum Gasteiger partial charge on any atom is 0.305 e. The molecule has 0 aromatic rings. The molecule has 0 unspecified atom stereocenters. The van der Waals surface area contributed by atoms with Gasteiger partial charge >= 0.3 is 5.97 Å². The van der Waals surface area contributed by atoms with Gasteiger partial charge in [-0.25, -0.2) is 0 Å². The Hall–Kier alpha value is -0.860. The maximum absolute atomic E-state index is 11.9. The van der Waals surface area contributed by atoms with E-state index in [-0.39, 0.29) is 13.0 Å². The van der Waals surface area contributed by atoms with E-state index < -0.39 is 65.3 Å². The molecule has 1 aliphatic rings. The highest BCUT2D eigenvalue weighted by Crippen LogP contribution is 2.23. The first-order valence-electron chi connectivity index (χ1n) is 13.6. The van der Waals surface area contributed by atoms with Crippen molar-refractivity contribution in [2.24, 2.45) is 0 Å². The van der Waals surface area contributed by atoms with Gasteiger partial charge in [-0.1, -0.05) is 84.0 Å². The van der Waals surface area contributed by atoms with Gasteiger partial charge in [-0.15, -0.1) is 0 Å². The van der Waals surface area contributed by atoms with E-state index in [9.17, 15) is 33.6 Å². The molecule has 1 rings (SSSR count). The van der Waals surface area contributed by atoms with Gasteiger partial charge in [-0.05, 0) is 6.42 Å². The van der Waals surface area contributed by atoms with Gasteiger partial charge in [0.1, 0.15) is 42.9 Å². The van der Waals surface area contributed by atoms with Crippen molar-refractivity contribution in [2.45, 2.75) is 134 Å². The third-order valence-corrected chi connectivity index (χ3v) is 7.17. The van der Waals surface area contributed by atoms with Crippen molar-refractivity contribution < 1.29 is 52.4 Å². The highest BCUT2D eigenvalue weighted by molar-refractivity contribution is 7.85. The molecule has 5 N–H and O–H groups in total. The van der Waals surface area contributed by atoms with Crippen LogP contribution in [0.15, 0.2) is 0 Å². The smallest absolute Gasteiger partial charge is 0.305 e. The second kappa shape index (κ2) is 19.2. The molecule has 220 valence electrons. The number of hydrogen-bond acceptors (Lipinski definition) is 10. The molecule has 1 fully saturated rings. The second-order valence-corrected chi connectivity index (χ2v) is 11.4. The van der Waals surface area contributed by atoms with Crippen LogP contribution < -0.4 is 0 Å². The number of aliphatic hydroxyl groups is 4. The molecule has 0 aromatic carbocycles. The molecular formula is C25H48O11S. The molecule has 37 heavy (non-hydrogen) atoms. The Morgan fingerprint density at radius 2 is 1.32 bits per heavy atom. The van der Waals surface area contributed by atoms with Gasteiger partial charge in [0.15, 0.2) is 6.29 Å². The number of rotatable bonds is 21. The van der Waals surface area contributed by atoms with E-state index in [2.05, 4.69) is 6.92 Å². The van der Waals surface area contributed by atoms with E-state index in [1.54, 1.807) is 0 Å². The molecule has 0 aromatic heterocycles. The van der Waals surface area contributed by atoms with Gasteiger partial charge < -0.3 is 34.6 Å². The normalized spacial score (nSPS) is 25.2. The molecule has 11 nitrogen and oxygen atoms in total. The second-order valence-electron chi connectivity index (χ2n) is 9.93. The number of ether oxygens (including phenoxy) is 3. The van der Waals surface area contributed by atoms with E-state index in [1.807, 2.05) is 0 Å². The Bertz CT molecular complexity index is 703. The molecule has 1 heterocycles. The Labute approximate surface area is 221 Å². The van der Waals surface area contributed by atoms with Gasteiger partial charge in [-0.3, -0.25) is 9.35 Å². The highest BCUT2D eigenvalue weighted by Gasteiger charge is 2.45. The van der Waals surface area contributed by atoms with Crippen LogP contribution in [0.1, 0.15) is 96.8 Å². The molecule has 0 bridgehead atoms. The number of hydrogen-bond donors (Lipinski definition) is 5. The lowest BCUT2D eigenvalue weighted by Crippen LogP contribution is -2.60. The monoisotopic (exact) mass is 556 g/mol. The van der Waals surface area contributed by atoms with Crippen LogP contribution in [0.2, 0.25) is 0 Å². The van der Waals surface area contributed by atoms with E-state index in [0.29, 0.717) is 6.42 Å². The van der Waals surface area contributed by atoms with Crippen LogP contribution in [0.5, 0.6) is 0 Å². The number of carbonyl (C=O) groups is 1. The molecule has 1 saturated heterocycles. The molecule has 0 amide bonds. The third kappa shape index (κ3) is 16.0. The SMILES string of the molecule is CCCCCCCCCCCCCCCC(=O)OC[C@H](O)CO[C@H]1O[C@H](CS(=O)(=O)O)[C@@H](O)[C@H](O)[C@H]1O. The summed E-state index contributed by atoms with van der Waals surface area (Å²) in [4.78, 5) is 11.9. The molecule has 1 aliphatic heterocycles. The fraction of sp³-hybridized carbons (Fsp3) is 0.960. The number of unbranched alkanes of at least 4 members (excludes halogenated alkanes) is 12. The number of aliphatic hydroxyl groups excluding tert-OH is 4. The number of esters is 1. The first-order chi connectivity index (χ1) is 17.5. The van der Waals surface area contributed by atoms with Crippen molar-refractivity contribution in [3.8, 4) is 0 Å². The van der Waals surface area contributed by atoms with Crippen LogP contribution in [0.3, 0.4) is 0 Å². The summed E-state index contributed by atoms with van der Waals surface area (Å²) >= 11 is 0. The average molecular weight is 557 g/mol. The first kappa shape index (κ1) is 34.2. The van der Waals surface area contributed by atoms with Crippen LogP contribution >= 0.6 is 0 Å². The van der Waals surface area contributed by atoms with Crippen LogP contribution in [-0.2, 0) is 29.1 Å². The third-order valence-electron chi connectivity index (χ3n) is 6.42. The molecule has 0 aliphatic carbocycles. The van der Waals surface area contributed by atoms with Gasteiger partial charge in [0.25, 0.3) is 10.1 Å². The van der Waals surface area contributed by atoms with E-state index in [0.717, 1.165) is 19.3 Å². The topological polar surface area (TPSA) is 180 Å².